The molecule has 2 saturated heterocycles. The molecule has 9 heteroatoms. The van der Waals surface area contributed by atoms with Crippen LogP contribution in [-0.4, -0.2) is 67.8 Å². The Labute approximate surface area is 188 Å². The second kappa shape index (κ2) is 10.1. The number of hydrogen-bond acceptors (Lipinski definition) is 6. The van der Waals surface area contributed by atoms with Crippen molar-refractivity contribution in [1.82, 2.24) is 4.31 Å². The number of carbonyl (C=O) groups is 1. The van der Waals surface area contributed by atoms with Crippen LogP contribution in [0.15, 0.2) is 65.6 Å². The number of ether oxygens (including phenoxy) is 2. The van der Waals surface area contributed by atoms with Gasteiger partial charge in [0.05, 0.1) is 48.9 Å². The topological polar surface area (TPSA) is 105 Å². The zero-order valence-electron chi connectivity index (χ0n) is 17.7. The van der Waals surface area contributed by atoms with Gasteiger partial charge in [0.15, 0.2) is 0 Å². The number of carbonyl (C=O) groups excluding carboxylic acids is 1. The Kier molecular flexibility index (Phi) is 7.22. The van der Waals surface area contributed by atoms with E-state index in [0.717, 1.165) is 5.69 Å². The minimum Gasteiger partial charge on any atom is -0.389 e. The third-order valence-corrected chi connectivity index (χ3v) is 7.66. The van der Waals surface area contributed by atoms with Crippen LogP contribution in [0.5, 0.6) is 0 Å². The van der Waals surface area contributed by atoms with Gasteiger partial charge < -0.3 is 19.9 Å². The van der Waals surface area contributed by atoms with Gasteiger partial charge in [0.1, 0.15) is 0 Å². The summed E-state index contributed by atoms with van der Waals surface area (Å²) in [5.41, 5.74) is 0.717. The zero-order chi connectivity index (χ0) is 22.6. The Morgan fingerprint density at radius 2 is 1.72 bits per heavy atom. The van der Waals surface area contributed by atoms with Gasteiger partial charge in [0, 0.05) is 12.2 Å². The van der Waals surface area contributed by atoms with Crippen molar-refractivity contribution < 1.29 is 27.8 Å². The fourth-order valence-corrected chi connectivity index (χ4v) is 5.98. The molecule has 4 atom stereocenters. The molecule has 4 rings (SSSR count). The van der Waals surface area contributed by atoms with Crippen molar-refractivity contribution in [2.75, 3.05) is 25.1 Å². The van der Waals surface area contributed by atoms with E-state index in [0.29, 0.717) is 12.8 Å². The second-order valence-corrected chi connectivity index (χ2v) is 10.0. The van der Waals surface area contributed by atoms with Gasteiger partial charge in [0.25, 0.3) is 0 Å². The van der Waals surface area contributed by atoms with E-state index in [2.05, 4.69) is 5.32 Å². The number of nitrogens with one attached hydrogen (secondary N) is 1. The van der Waals surface area contributed by atoms with Crippen molar-refractivity contribution in [3.05, 3.63) is 60.7 Å². The van der Waals surface area contributed by atoms with Crippen molar-refractivity contribution in [2.24, 2.45) is 0 Å². The quantitative estimate of drug-likeness (QED) is 0.707. The summed E-state index contributed by atoms with van der Waals surface area (Å²) in [6, 6.07) is 16.9. The van der Waals surface area contributed by atoms with Gasteiger partial charge in [0.2, 0.25) is 15.9 Å². The molecule has 0 spiro atoms. The number of para-hydroxylation sites is 1. The number of aliphatic hydroxyl groups is 1. The highest BCUT2D eigenvalue weighted by Crippen LogP contribution is 2.31. The lowest BCUT2D eigenvalue weighted by atomic mass is 9.96. The molecule has 2 aliphatic heterocycles. The summed E-state index contributed by atoms with van der Waals surface area (Å²) in [6.45, 7) is 0.104. The van der Waals surface area contributed by atoms with Gasteiger partial charge in [-0.25, -0.2) is 8.42 Å². The standard InChI is InChI=1S/C23H28N2O6S/c26-18-14-25(32(28,29)20-9-5-2-6-10-20)21-12-11-19(31-22(21)16-30-15-18)13-23(27)24-17-7-3-1-4-8-17/h1-10,18-19,21-22,26H,11-16H2,(H,24,27)/t18-,19+,21-,22+/m0/s1. The number of fused-ring (bicyclic) bond motifs is 1. The number of β-amino-alcohol motifs (C(OH)–C–C–N with tert-alkyl or cyclic N) is 1. The van der Waals surface area contributed by atoms with Crippen LogP contribution in [-0.2, 0) is 24.3 Å². The summed E-state index contributed by atoms with van der Waals surface area (Å²) in [7, 11) is -3.83. The molecule has 0 aliphatic carbocycles. The van der Waals surface area contributed by atoms with Crippen molar-refractivity contribution in [3.63, 3.8) is 0 Å². The van der Waals surface area contributed by atoms with Crippen LogP contribution in [0.3, 0.4) is 0 Å². The van der Waals surface area contributed by atoms with Crippen LogP contribution in [0.25, 0.3) is 0 Å². The molecule has 0 unspecified atom stereocenters. The van der Waals surface area contributed by atoms with Crippen LogP contribution >= 0.6 is 0 Å². The van der Waals surface area contributed by atoms with Crippen molar-refractivity contribution in [1.29, 1.82) is 0 Å². The number of anilines is 1. The normalized spacial score (nSPS) is 27.0. The smallest absolute Gasteiger partial charge is 0.243 e. The highest BCUT2D eigenvalue weighted by molar-refractivity contribution is 7.89. The van der Waals surface area contributed by atoms with Crippen molar-refractivity contribution >= 4 is 21.6 Å². The maximum atomic E-state index is 13.4. The minimum atomic E-state index is -3.83. The molecule has 32 heavy (non-hydrogen) atoms. The van der Waals surface area contributed by atoms with E-state index >= 15 is 0 Å². The lowest BCUT2D eigenvalue weighted by molar-refractivity contribution is -0.144. The number of nitrogens with zero attached hydrogens (tertiary/aromatic N) is 1. The van der Waals surface area contributed by atoms with Crippen LogP contribution in [0.2, 0.25) is 0 Å². The molecule has 1 amide bonds. The molecule has 2 aromatic rings. The van der Waals surface area contributed by atoms with E-state index in [1.165, 1.54) is 4.31 Å². The Hall–Kier alpha value is -2.30. The fourth-order valence-electron chi connectivity index (χ4n) is 4.24. The van der Waals surface area contributed by atoms with E-state index in [1.807, 2.05) is 30.3 Å². The Morgan fingerprint density at radius 3 is 2.44 bits per heavy atom. The summed E-state index contributed by atoms with van der Waals surface area (Å²) >= 11 is 0. The van der Waals surface area contributed by atoms with E-state index < -0.39 is 28.3 Å². The first-order valence-corrected chi connectivity index (χ1v) is 12.2. The zero-order valence-corrected chi connectivity index (χ0v) is 18.5. The molecular formula is C23H28N2O6S. The molecular weight excluding hydrogens is 432 g/mol. The van der Waals surface area contributed by atoms with Gasteiger partial charge >= 0.3 is 0 Å². The minimum absolute atomic E-state index is 0.0204. The SMILES string of the molecule is O=C(C[C@H]1CC[C@H]2[C@@H](COC[C@@H](O)CN2S(=O)(=O)c2ccccc2)O1)Nc1ccccc1. The van der Waals surface area contributed by atoms with E-state index in [1.54, 1.807) is 30.3 Å². The first kappa shape index (κ1) is 22.9. The number of benzene rings is 2. The molecule has 2 aliphatic rings. The number of aliphatic hydroxyl groups excluding tert-OH is 1. The molecule has 0 aromatic heterocycles. The molecule has 2 heterocycles. The number of amides is 1. The van der Waals surface area contributed by atoms with Crippen LogP contribution in [0, 0.1) is 0 Å². The molecule has 172 valence electrons. The van der Waals surface area contributed by atoms with Gasteiger partial charge in [-0.1, -0.05) is 36.4 Å². The maximum Gasteiger partial charge on any atom is 0.243 e. The fraction of sp³-hybridized carbons (Fsp3) is 0.435. The summed E-state index contributed by atoms with van der Waals surface area (Å²) in [6.07, 6.45) is -0.579. The summed E-state index contributed by atoms with van der Waals surface area (Å²) in [5, 5.41) is 13.1. The third-order valence-electron chi connectivity index (χ3n) is 5.75. The number of rotatable bonds is 5. The number of sulfonamides is 1. The van der Waals surface area contributed by atoms with Crippen molar-refractivity contribution in [2.45, 2.75) is 48.5 Å². The molecule has 2 fully saturated rings. The van der Waals surface area contributed by atoms with Crippen LogP contribution < -0.4 is 5.32 Å². The first-order valence-electron chi connectivity index (χ1n) is 10.8. The lowest BCUT2D eigenvalue weighted by Crippen LogP contribution is -2.57. The average Bonchev–Trinajstić information content (AvgIpc) is 2.78. The first-order chi connectivity index (χ1) is 15.4. The Balaban J connectivity index is 1.47. The third kappa shape index (κ3) is 5.36. The predicted molar refractivity (Wildman–Crippen MR) is 119 cm³/mol. The largest absolute Gasteiger partial charge is 0.389 e. The molecule has 0 radical (unpaired) electrons. The predicted octanol–water partition coefficient (Wildman–Crippen LogP) is 2.01. The van der Waals surface area contributed by atoms with Gasteiger partial charge in [-0.2, -0.15) is 4.31 Å². The number of hydrogen-bond donors (Lipinski definition) is 2. The average molecular weight is 461 g/mol. The van der Waals surface area contributed by atoms with Crippen LogP contribution in [0.4, 0.5) is 5.69 Å². The summed E-state index contributed by atoms with van der Waals surface area (Å²) in [4.78, 5) is 12.6. The highest BCUT2D eigenvalue weighted by atomic mass is 32.2. The molecule has 0 saturated carbocycles. The van der Waals surface area contributed by atoms with E-state index in [9.17, 15) is 18.3 Å². The highest BCUT2D eigenvalue weighted by Gasteiger charge is 2.43. The summed E-state index contributed by atoms with van der Waals surface area (Å²) in [5.74, 6) is -0.157. The monoisotopic (exact) mass is 460 g/mol. The Bertz CT molecular complexity index is 1000. The van der Waals surface area contributed by atoms with Gasteiger partial charge in [-0.05, 0) is 37.1 Å². The molecule has 8 nitrogen and oxygen atoms in total. The molecule has 0 bridgehead atoms. The van der Waals surface area contributed by atoms with Crippen LogP contribution in [0.1, 0.15) is 19.3 Å². The summed E-state index contributed by atoms with van der Waals surface area (Å²) < 4.78 is 39.8. The molecule has 2 aromatic carbocycles. The Morgan fingerprint density at radius 1 is 1.03 bits per heavy atom. The van der Waals surface area contributed by atoms with Gasteiger partial charge in [-0.15, -0.1) is 0 Å². The van der Waals surface area contributed by atoms with Gasteiger partial charge in [-0.3, -0.25) is 4.79 Å². The van der Waals surface area contributed by atoms with Crippen molar-refractivity contribution in [3.8, 4) is 0 Å². The second-order valence-electron chi connectivity index (χ2n) is 8.14. The lowest BCUT2D eigenvalue weighted by Gasteiger charge is -2.43. The van der Waals surface area contributed by atoms with E-state index in [4.69, 9.17) is 9.47 Å². The van der Waals surface area contributed by atoms with E-state index in [-0.39, 0.29) is 43.1 Å². The molecule has 2 N–H and O–H groups in total. The maximum absolute atomic E-state index is 13.4.